The van der Waals surface area contributed by atoms with Crippen molar-refractivity contribution in [2.75, 3.05) is 5.43 Å². The molecule has 12 rings (SSSR count). The number of nitrogens with one attached hydrogen (secondary N) is 2. The van der Waals surface area contributed by atoms with E-state index in [0.717, 1.165) is 49.7 Å². The third kappa shape index (κ3) is 4.88. The number of hydrogen-bond acceptors (Lipinski definition) is 3. The Labute approximate surface area is 333 Å². The van der Waals surface area contributed by atoms with Crippen molar-refractivity contribution in [2.45, 2.75) is 0 Å². The molecule has 0 aliphatic heterocycles. The molecule has 0 radical (unpaired) electrons. The van der Waals surface area contributed by atoms with Gasteiger partial charge in [-0.25, -0.2) is 0 Å². The van der Waals surface area contributed by atoms with E-state index in [0.29, 0.717) is 5.71 Å². The van der Waals surface area contributed by atoms with Gasteiger partial charge in [-0.1, -0.05) is 158 Å². The van der Waals surface area contributed by atoms with Gasteiger partial charge in [0.25, 0.3) is 0 Å². The van der Waals surface area contributed by atoms with Crippen LogP contribution in [0.4, 0.5) is 5.69 Å². The lowest BCUT2D eigenvalue weighted by atomic mass is 9.95. The highest BCUT2D eigenvalue weighted by atomic mass is 32.1. The normalized spacial score (nSPS) is 11.9. The fourth-order valence-electron chi connectivity index (χ4n) is 9.07. The van der Waals surface area contributed by atoms with Crippen LogP contribution < -0.4 is 5.43 Å². The second kappa shape index (κ2) is 12.4. The zero-order valence-electron chi connectivity index (χ0n) is 30.8. The van der Waals surface area contributed by atoms with Crippen molar-refractivity contribution in [1.82, 2.24) is 4.68 Å². The summed E-state index contributed by atoms with van der Waals surface area (Å²) in [6, 6.07) is 67.2. The molecule has 266 valence electrons. The van der Waals surface area contributed by atoms with Gasteiger partial charge in [-0.3, -0.25) is 15.5 Å². The van der Waals surface area contributed by atoms with Gasteiger partial charge in [-0.05, 0) is 74.3 Å². The Hall–Kier alpha value is -7.27. The third-order valence-electron chi connectivity index (χ3n) is 11.8. The van der Waals surface area contributed by atoms with Crippen LogP contribution in [0.1, 0.15) is 11.1 Å². The van der Waals surface area contributed by atoms with Crippen molar-refractivity contribution in [3.8, 4) is 43.8 Å². The van der Waals surface area contributed by atoms with Gasteiger partial charge in [0.2, 0.25) is 0 Å². The fourth-order valence-corrected chi connectivity index (χ4v) is 10.3. The van der Waals surface area contributed by atoms with E-state index < -0.39 is 0 Å². The number of para-hydroxylation sites is 1. The number of nitrogens with zero attached hydrogens (tertiary/aromatic N) is 1. The summed E-state index contributed by atoms with van der Waals surface area (Å²) in [5.74, 6) is 0. The molecular weight excluding hydrogens is 711 g/mol. The zero-order valence-corrected chi connectivity index (χ0v) is 31.6. The molecule has 2 heterocycles. The van der Waals surface area contributed by atoms with Crippen LogP contribution in [-0.4, -0.2) is 10.4 Å². The van der Waals surface area contributed by atoms with Crippen molar-refractivity contribution in [1.29, 1.82) is 5.41 Å². The second-order valence-electron chi connectivity index (χ2n) is 15.0. The van der Waals surface area contributed by atoms with Gasteiger partial charge < -0.3 is 0 Å². The minimum absolute atomic E-state index is 0.473. The molecule has 0 spiro atoms. The minimum atomic E-state index is 0.473. The third-order valence-corrected chi connectivity index (χ3v) is 13.0. The number of aromatic nitrogens is 1. The Bertz CT molecular complexity index is 3440. The molecule has 0 amide bonds. The molecule has 0 fully saturated rings. The van der Waals surface area contributed by atoms with Gasteiger partial charge >= 0.3 is 0 Å². The number of benzene rings is 9. The van der Waals surface area contributed by atoms with Gasteiger partial charge in [0.15, 0.2) is 0 Å². The van der Waals surface area contributed by atoms with E-state index >= 15 is 0 Å². The van der Waals surface area contributed by atoms with Crippen LogP contribution in [0.5, 0.6) is 0 Å². The average molecular weight is 744 g/mol. The number of anilines is 1. The van der Waals surface area contributed by atoms with Crippen LogP contribution in [0.3, 0.4) is 0 Å². The quantitative estimate of drug-likeness (QED) is 0.164. The lowest BCUT2D eigenvalue weighted by molar-refractivity contribution is 1.06. The lowest BCUT2D eigenvalue weighted by Gasteiger charge is -2.19. The summed E-state index contributed by atoms with van der Waals surface area (Å²) in [6.45, 7) is 0. The van der Waals surface area contributed by atoms with Crippen LogP contribution in [0.25, 0.3) is 97.3 Å². The van der Waals surface area contributed by atoms with Crippen molar-refractivity contribution in [3.05, 3.63) is 199 Å². The smallest absolute Gasteiger partial charge is 0.0718 e. The highest BCUT2D eigenvalue weighted by Gasteiger charge is 2.26. The first-order chi connectivity index (χ1) is 28.2. The van der Waals surface area contributed by atoms with Crippen LogP contribution >= 0.6 is 11.3 Å². The molecule has 2 aromatic heterocycles. The number of fused-ring (bicyclic) bond motifs is 9. The molecule has 0 atom stereocenters. The largest absolute Gasteiger partial charge is 0.300 e. The highest BCUT2D eigenvalue weighted by molar-refractivity contribution is 7.23. The Morgan fingerprint density at radius 1 is 0.474 bits per heavy atom. The van der Waals surface area contributed by atoms with Gasteiger partial charge in [0.1, 0.15) is 0 Å². The predicted molar refractivity (Wildman–Crippen MR) is 243 cm³/mol. The molecule has 0 bridgehead atoms. The Kier molecular flexibility index (Phi) is 6.95. The topological polar surface area (TPSA) is 40.8 Å². The van der Waals surface area contributed by atoms with E-state index in [-0.39, 0.29) is 0 Å². The standard InChI is InChI=1S/C53H33N3S/c54-51(36-22-20-33(21-23-36)32-10-2-1-3-11-32)43-27-24-34-12-4-5-15-39(34)52(43)55-56-46-19-7-6-16-40(46)44-30-37(25-28-47(44)56)38-26-29-48-45(31-38)50-41-17-8-13-35-14-9-18-42(49(35)41)53(50)57-48/h1-31,54-55H. The summed E-state index contributed by atoms with van der Waals surface area (Å²) in [5, 5.41) is 18.1. The van der Waals surface area contributed by atoms with Crippen molar-refractivity contribution in [3.63, 3.8) is 0 Å². The van der Waals surface area contributed by atoms with Gasteiger partial charge in [0.05, 0.1) is 22.4 Å². The molecule has 0 saturated heterocycles. The maximum absolute atomic E-state index is 9.55. The Morgan fingerprint density at radius 2 is 1.12 bits per heavy atom. The summed E-state index contributed by atoms with van der Waals surface area (Å²) >= 11 is 1.90. The zero-order chi connectivity index (χ0) is 37.6. The van der Waals surface area contributed by atoms with Crippen LogP contribution in [0.15, 0.2) is 188 Å². The van der Waals surface area contributed by atoms with E-state index in [9.17, 15) is 5.41 Å². The predicted octanol–water partition coefficient (Wildman–Crippen LogP) is 14.6. The number of rotatable bonds is 6. The monoisotopic (exact) mass is 743 g/mol. The van der Waals surface area contributed by atoms with Crippen molar-refractivity contribution < 1.29 is 0 Å². The fraction of sp³-hybridized carbons (Fsp3) is 0. The molecule has 0 saturated carbocycles. The molecule has 3 nitrogen and oxygen atoms in total. The molecule has 1 aliphatic rings. The van der Waals surface area contributed by atoms with E-state index in [4.69, 9.17) is 0 Å². The maximum Gasteiger partial charge on any atom is 0.0718 e. The molecule has 4 heteroatoms. The maximum atomic E-state index is 9.55. The molecule has 11 aromatic rings. The van der Waals surface area contributed by atoms with Gasteiger partial charge in [-0.2, -0.15) is 0 Å². The summed E-state index contributed by atoms with van der Waals surface area (Å²) in [7, 11) is 0. The molecule has 1 aliphatic carbocycles. The molecule has 0 unspecified atom stereocenters. The first-order valence-corrected chi connectivity index (χ1v) is 20.2. The summed E-state index contributed by atoms with van der Waals surface area (Å²) in [5.41, 5.74) is 17.9. The van der Waals surface area contributed by atoms with Crippen LogP contribution in [0.2, 0.25) is 0 Å². The van der Waals surface area contributed by atoms with E-state index in [1.54, 1.807) is 0 Å². The van der Waals surface area contributed by atoms with Gasteiger partial charge in [-0.15, -0.1) is 11.3 Å². The number of thiophene rings is 1. The van der Waals surface area contributed by atoms with E-state index in [2.05, 4.69) is 192 Å². The minimum Gasteiger partial charge on any atom is -0.300 e. The Morgan fingerprint density at radius 3 is 1.96 bits per heavy atom. The lowest BCUT2D eigenvalue weighted by Crippen LogP contribution is -2.13. The van der Waals surface area contributed by atoms with Crippen molar-refractivity contribution >= 4 is 76.2 Å². The van der Waals surface area contributed by atoms with Gasteiger partial charge in [0, 0.05) is 53.4 Å². The molecule has 9 aromatic carbocycles. The molecule has 2 N–H and O–H groups in total. The SMILES string of the molecule is N=C(c1ccc(-c2ccccc2)cc1)c1ccc2ccccc2c1Nn1c2ccccc2c2cc(-c3ccc4sc5c(c4c3)-c3cccc4cccc-5c34)ccc21. The Balaban J connectivity index is 0.973. The highest BCUT2D eigenvalue weighted by Crippen LogP contribution is 2.54. The molecule has 57 heavy (non-hydrogen) atoms. The average Bonchev–Trinajstić information content (AvgIpc) is 3.92. The summed E-state index contributed by atoms with van der Waals surface area (Å²) in [4.78, 5) is 1.38. The molecular formula is C53H33N3S. The van der Waals surface area contributed by atoms with E-state index in [1.807, 2.05) is 17.4 Å². The van der Waals surface area contributed by atoms with E-state index in [1.165, 1.54) is 64.3 Å². The first kappa shape index (κ1) is 32.0. The van der Waals surface area contributed by atoms with Crippen LogP contribution in [0, 0.1) is 5.41 Å². The second-order valence-corrected chi connectivity index (χ2v) is 16.0. The summed E-state index contributed by atoms with van der Waals surface area (Å²) < 4.78 is 3.53. The van der Waals surface area contributed by atoms with Crippen LogP contribution in [-0.2, 0) is 0 Å². The number of hydrogen-bond donors (Lipinski definition) is 2. The first-order valence-electron chi connectivity index (χ1n) is 19.3. The summed E-state index contributed by atoms with van der Waals surface area (Å²) in [6.07, 6.45) is 0. The van der Waals surface area contributed by atoms with Crippen molar-refractivity contribution in [2.24, 2.45) is 0 Å².